The van der Waals surface area contributed by atoms with Gasteiger partial charge in [-0.2, -0.15) is 0 Å². The van der Waals surface area contributed by atoms with Crippen LogP contribution < -0.4 is 25.2 Å². The summed E-state index contributed by atoms with van der Waals surface area (Å²) in [6.45, 7) is 8.84. The van der Waals surface area contributed by atoms with Crippen LogP contribution in [-0.2, 0) is 23.1 Å². The van der Waals surface area contributed by atoms with Crippen LogP contribution in [-0.4, -0.2) is 101 Å². The summed E-state index contributed by atoms with van der Waals surface area (Å²) in [5.41, 5.74) is 4.21. The molecule has 4 aromatic rings. The second-order valence-electron chi connectivity index (χ2n) is 13.2. The molecule has 1 N–H and O–H groups in total. The molecule has 0 spiro atoms. The Kier molecular flexibility index (Phi) is 14.3. The minimum atomic E-state index is -0.134. The summed E-state index contributed by atoms with van der Waals surface area (Å²) >= 11 is 0. The van der Waals surface area contributed by atoms with E-state index in [0.717, 1.165) is 34.2 Å². The van der Waals surface area contributed by atoms with E-state index in [1.807, 2.05) is 70.4 Å². The van der Waals surface area contributed by atoms with Crippen molar-refractivity contribution < 1.29 is 28.5 Å². The first-order valence-corrected chi connectivity index (χ1v) is 17.6. The largest absolute Gasteiger partial charge is 0.496 e. The maximum atomic E-state index is 13.1. The van der Waals surface area contributed by atoms with Crippen molar-refractivity contribution in [2.45, 2.75) is 33.7 Å². The number of carbonyl (C=O) groups is 2. The fraction of sp³-hybridized carbons (Fsp3) is 0.450. The summed E-state index contributed by atoms with van der Waals surface area (Å²) in [6.07, 6.45) is 4.19. The highest BCUT2D eigenvalue weighted by Gasteiger charge is 2.20. The molecule has 0 bridgehead atoms. The van der Waals surface area contributed by atoms with Crippen LogP contribution in [0.4, 0.5) is 11.5 Å². The van der Waals surface area contributed by atoms with E-state index in [-0.39, 0.29) is 23.0 Å². The van der Waals surface area contributed by atoms with Gasteiger partial charge < -0.3 is 38.6 Å². The van der Waals surface area contributed by atoms with Crippen molar-refractivity contribution in [3.63, 3.8) is 0 Å². The maximum absolute atomic E-state index is 13.1. The average molecular weight is 716 g/mol. The molecule has 0 aliphatic heterocycles. The zero-order valence-electron chi connectivity index (χ0n) is 32.0. The van der Waals surface area contributed by atoms with E-state index in [2.05, 4.69) is 15.2 Å². The van der Waals surface area contributed by atoms with Gasteiger partial charge in [0.05, 0.1) is 51.6 Å². The number of pyridine rings is 2. The van der Waals surface area contributed by atoms with Gasteiger partial charge in [0.25, 0.3) is 5.56 Å². The van der Waals surface area contributed by atoms with Gasteiger partial charge in [0, 0.05) is 79.8 Å². The van der Waals surface area contributed by atoms with Crippen molar-refractivity contribution in [1.29, 1.82) is 0 Å². The number of Topliss-reactive ketones (excluding diaryl/α,β-unsaturated/α-hetero) is 2. The van der Waals surface area contributed by atoms with Gasteiger partial charge in [-0.3, -0.25) is 14.4 Å². The highest BCUT2D eigenvalue weighted by molar-refractivity contribution is 6.09. The van der Waals surface area contributed by atoms with Crippen molar-refractivity contribution in [2.75, 3.05) is 85.1 Å². The van der Waals surface area contributed by atoms with Crippen molar-refractivity contribution in [3.05, 3.63) is 75.8 Å². The van der Waals surface area contributed by atoms with Crippen LogP contribution >= 0.6 is 0 Å². The number of hydrogen-bond acceptors (Lipinski definition) is 11. The number of ether oxygens (including phenoxy) is 4. The first kappa shape index (κ1) is 40.0. The standard InChI is InChI=1S/C40H53N5O7/c1-10-26(2)39(47)30-12-11-29(21-31(30)27(3)46)41-13-15-51-17-18-52-16-14-44(6)38-22-32-33(23-42-38)40(48)45(7)25-34(32)28-19-36(49-8)35(24-43(4)5)37(20-28)50-9/h11-12,19-23,25-26,41H,10,13-18,24H2,1-9H3. The quantitative estimate of drug-likeness (QED) is 0.0897. The number of likely N-dealkylation sites (N-methyl/N-ethyl adjacent to an activating group) is 1. The molecule has 0 fully saturated rings. The number of nitrogens with one attached hydrogen (secondary N) is 1. The molecule has 4 rings (SSSR count). The maximum Gasteiger partial charge on any atom is 0.259 e. The van der Waals surface area contributed by atoms with E-state index in [1.54, 1.807) is 44.2 Å². The predicted octanol–water partition coefficient (Wildman–Crippen LogP) is 5.69. The number of carbonyl (C=O) groups excluding carboxylic acids is 2. The van der Waals surface area contributed by atoms with Gasteiger partial charge in [-0.15, -0.1) is 0 Å². The molecule has 12 nitrogen and oxygen atoms in total. The Morgan fingerprint density at radius 1 is 0.923 bits per heavy atom. The van der Waals surface area contributed by atoms with Crippen molar-refractivity contribution in [2.24, 2.45) is 13.0 Å². The fourth-order valence-corrected chi connectivity index (χ4v) is 5.92. The molecular formula is C40H53N5O7. The number of rotatable bonds is 20. The number of aryl methyl sites for hydroxylation is 1. The zero-order valence-corrected chi connectivity index (χ0v) is 32.0. The lowest BCUT2D eigenvalue weighted by atomic mass is 9.92. The number of methoxy groups -OCH3 is 2. The van der Waals surface area contributed by atoms with Gasteiger partial charge in [0.2, 0.25) is 0 Å². The van der Waals surface area contributed by atoms with E-state index in [9.17, 15) is 14.4 Å². The second-order valence-corrected chi connectivity index (χ2v) is 13.2. The third kappa shape index (κ3) is 9.75. The lowest BCUT2D eigenvalue weighted by Crippen LogP contribution is -2.25. The Morgan fingerprint density at radius 2 is 1.60 bits per heavy atom. The molecule has 0 radical (unpaired) electrons. The van der Waals surface area contributed by atoms with Gasteiger partial charge in [0.1, 0.15) is 17.3 Å². The normalized spacial score (nSPS) is 11.9. The summed E-state index contributed by atoms with van der Waals surface area (Å²) in [4.78, 5) is 46.7. The molecule has 280 valence electrons. The summed E-state index contributed by atoms with van der Waals surface area (Å²) in [7, 11) is 10.9. The third-order valence-electron chi connectivity index (χ3n) is 9.08. The third-order valence-corrected chi connectivity index (χ3v) is 9.08. The smallest absolute Gasteiger partial charge is 0.259 e. The first-order valence-electron chi connectivity index (χ1n) is 17.6. The minimum Gasteiger partial charge on any atom is -0.496 e. The molecule has 12 heteroatoms. The van der Waals surface area contributed by atoms with Crippen molar-refractivity contribution >= 4 is 33.8 Å². The van der Waals surface area contributed by atoms with Crippen LogP contribution in [0.15, 0.2) is 53.6 Å². The molecule has 0 saturated heterocycles. The number of benzene rings is 2. The topological polar surface area (TPSA) is 124 Å². The lowest BCUT2D eigenvalue weighted by Gasteiger charge is -2.21. The van der Waals surface area contributed by atoms with Crippen molar-refractivity contribution in [1.82, 2.24) is 14.5 Å². The van der Waals surface area contributed by atoms with E-state index in [4.69, 9.17) is 18.9 Å². The Morgan fingerprint density at radius 3 is 2.21 bits per heavy atom. The van der Waals surface area contributed by atoms with Crippen molar-refractivity contribution in [3.8, 4) is 22.6 Å². The Hall–Kier alpha value is -4.78. The molecule has 1 unspecified atom stereocenters. The van der Waals surface area contributed by atoms with Gasteiger partial charge in [-0.25, -0.2) is 4.98 Å². The molecular weight excluding hydrogens is 662 g/mol. The summed E-state index contributed by atoms with van der Waals surface area (Å²) < 4.78 is 24.7. The van der Waals surface area contributed by atoms with Crippen LogP contribution in [0, 0.1) is 5.92 Å². The fourth-order valence-electron chi connectivity index (χ4n) is 5.92. The van der Waals surface area contributed by atoms with Crippen LogP contribution in [0.5, 0.6) is 11.5 Å². The van der Waals surface area contributed by atoms with Crippen LogP contribution in [0.2, 0.25) is 0 Å². The minimum absolute atomic E-state index is 0.0105. The second kappa shape index (κ2) is 18.6. The highest BCUT2D eigenvalue weighted by Crippen LogP contribution is 2.38. The molecule has 0 amide bonds. The lowest BCUT2D eigenvalue weighted by molar-refractivity contribution is 0.0545. The number of nitrogens with zero attached hydrogens (tertiary/aromatic N) is 4. The monoisotopic (exact) mass is 715 g/mol. The summed E-state index contributed by atoms with van der Waals surface area (Å²) in [5.74, 6) is 1.84. The highest BCUT2D eigenvalue weighted by atomic mass is 16.5. The van der Waals surface area contributed by atoms with Gasteiger partial charge >= 0.3 is 0 Å². The number of fused-ring (bicyclic) bond motifs is 1. The SMILES string of the molecule is CCC(C)C(=O)c1ccc(NCCOCCOCCN(C)c2cc3c(-c4cc(OC)c(CN(C)C)c(OC)c4)cn(C)c(=O)c3cn2)cc1C(C)=O. The van der Waals surface area contributed by atoms with E-state index >= 15 is 0 Å². The van der Waals surface area contributed by atoms with E-state index in [0.29, 0.717) is 79.9 Å². The van der Waals surface area contributed by atoms with Gasteiger partial charge in [-0.1, -0.05) is 13.8 Å². The molecule has 2 aromatic heterocycles. The van der Waals surface area contributed by atoms with Crippen LogP contribution in [0.25, 0.3) is 21.9 Å². The van der Waals surface area contributed by atoms with Gasteiger partial charge in [0.15, 0.2) is 11.6 Å². The number of ketones is 2. The zero-order chi connectivity index (χ0) is 37.9. The molecule has 1 atom stereocenters. The Labute approximate surface area is 306 Å². The molecule has 52 heavy (non-hydrogen) atoms. The molecule has 0 aliphatic rings. The molecule has 2 heterocycles. The van der Waals surface area contributed by atoms with Crippen LogP contribution in [0.1, 0.15) is 53.5 Å². The number of hydrogen-bond donors (Lipinski definition) is 1. The molecule has 0 saturated carbocycles. The number of anilines is 2. The average Bonchev–Trinajstić information content (AvgIpc) is 3.14. The Bertz CT molecular complexity index is 1900. The van der Waals surface area contributed by atoms with Gasteiger partial charge in [-0.05, 0) is 69.4 Å². The predicted molar refractivity (Wildman–Crippen MR) is 207 cm³/mol. The van der Waals surface area contributed by atoms with Crippen LogP contribution in [0.3, 0.4) is 0 Å². The summed E-state index contributed by atoms with van der Waals surface area (Å²) in [5, 5.41) is 4.56. The molecule has 0 aliphatic carbocycles. The Balaban J connectivity index is 1.32. The summed E-state index contributed by atoms with van der Waals surface area (Å²) in [6, 6.07) is 11.2. The first-order chi connectivity index (χ1) is 24.9. The van der Waals surface area contributed by atoms with E-state index in [1.165, 1.54) is 6.92 Å². The molecule has 2 aromatic carbocycles. The van der Waals surface area contributed by atoms with E-state index < -0.39 is 0 Å². The number of aromatic nitrogens is 2.